The molecule has 4 nitrogen and oxygen atoms in total. The van der Waals surface area contributed by atoms with Crippen LogP contribution in [0.25, 0.3) is 0 Å². The van der Waals surface area contributed by atoms with Gasteiger partial charge in [-0.3, -0.25) is 4.68 Å². The van der Waals surface area contributed by atoms with E-state index in [2.05, 4.69) is 26.1 Å². The van der Waals surface area contributed by atoms with Crippen molar-refractivity contribution in [2.24, 2.45) is 0 Å². The molecule has 14 heavy (non-hydrogen) atoms. The lowest BCUT2D eigenvalue weighted by molar-refractivity contribution is 0.491. The van der Waals surface area contributed by atoms with Crippen LogP contribution in [0.15, 0.2) is 22.9 Å². The highest BCUT2D eigenvalue weighted by Gasteiger charge is 2.08. The van der Waals surface area contributed by atoms with E-state index in [1.54, 1.807) is 6.20 Å². The van der Waals surface area contributed by atoms with Crippen LogP contribution in [0.5, 0.6) is 0 Å². The predicted molar refractivity (Wildman–Crippen MR) is 57.0 cm³/mol. The van der Waals surface area contributed by atoms with E-state index in [0.29, 0.717) is 6.67 Å². The standard InChI is InChI=1S/C9H11BrN4/c1-7-9(10)8(2)14(12-7)6-13-5-3-4-11-13/h3-5H,6H2,1-2H3. The third-order valence-electron chi connectivity index (χ3n) is 2.13. The number of hydrogen-bond donors (Lipinski definition) is 0. The molecule has 0 aromatic carbocycles. The van der Waals surface area contributed by atoms with Gasteiger partial charge in [0.25, 0.3) is 0 Å². The third kappa shape index (κ3) is 1.59. The fourth-order valence-electron chi connectivity index (χ4n) is 1.33. The summed E-state index contributed by atoms with van der Waals surface area (Å²) >= 11 is 3.49. The van der Waals surface area contributed by atoms with Crippen molar-refractivity contribution in [3.63, 3.8) is 0 Å². The summed E-state index contributed by atoms with van der Waals surface area (Å²) in [4.78, 5) is 0. The van der Waals surface area contributed by atoms with Gasteiger partial charge in [0, 0.05) is 12.4 Å². The molecule has 0 radical (unpaired) electrons. The monoisotopic (exact) mass is 254 g/mol. The summed E-state index contributed by atoms with van der Waals surface area (Å²) in [5, 5.41) is 8.53. The van der Waals surface area contributed by atoms with Crippen molar-refractivity contribution in [3.05, 3.63) is 34.3 Å². The Hall–Kier alpha value is -1.10. The fourth-order valence-corrected chi connectivity index (χ4v) is 1.62. The van der Waals surface area contributed by atoms with Crippen molar-refractivity contribution in [3.8, 4) is 0 Å². The van der Waals surface area contributed by atoms with E-state index in [1.807, 2.05) is 35.5 Å². The van der Waals surface area contributed by atoms with Crippen molar-refractivity contribution in [1.29, 1.82) is 0 Å². The largest absolute Gasteiger partial charge is 0.251 e. The van der Waals surface area contributed by atoms with Gasteiger partial charge in [0.2, 0.25) is 0 Å². The smallest absolute Gasteiger partial charge is 0.133 e. The Morgan fingerprint density at radius 1 is 1.43 bits per heavy atom. The molecule has 0 bridgehead atoms. The van der Waals surface area contributed by atoms with Gasteiger partial charge in [-0.15, -0.1) is 0 Å². The highest BCUT2D eigenvalue weighted by atomic mass is 79.9. The molecule has 0 spiro atoms. The maximum atomic E-state index is 4.39. The predicted octanol–water partition coefficient (Wildman–Crippen LogP) is 1.96. The van der Waals surface area contributed by atoms with Gasteiger partial charge in [0.15, 0.2) is 0 Å². The molecule has 2 aromatic heterocycles. The van der Waals surface area contributed by atoms with Gasteiger partial charge in [-0.2, -0.15) is 10.2 Å². The first-order valence-electron chi connectivity index (χ1n) is 4.35. The normalized spacial score (nSPS) is 10.8. The summed E-state index contributed by atoms with van der Waals surface area (Å²) in [7, 11) is 0. The minimum atomic E-state index is 0.658. The summed E-state index contributed by atoms with van der Waals surface area (Å²) in [5.41, 5.74) is 2.13. The molecule has 0 fully saturated rings. The van der Waals surface area contributed by atoms with Crippen molar-refractivity contribution >= 4 is 15.9 Å². The first-order chi connectivity index (χ1) is 6.68. The topological polar surface area (TPSA) is 35.6 Å². The van der Waals surface area contributed by atoms with E-state index in [-0.39, 0.29) is 0 Å². The van der Waals surface area contributed by atoms with Crippen LogP contribution in [-0.2, 0) is 6.67 Å². The van der Waals surface area contributed by atoms with Gasteiger partial charge in [0.1, 0.15) is 6.67 Å². The zero-order chi connectivity index (χ0) is 10.1. The molecule has 0 N–H and O–H groups in total. The van der Waals surface area contributed by atoms with E-state index in [4.69, 9.17) is 0 Å². The van der Waals surface area contributed by atoms with Crippen LogP contribution < -0.4 is 0 Å². The Morgan fingerprint density at radius 2 is 2.21 bits per heavy atom. The Morgan fingerprint density at radius 3 is 2.71 bits per heavy atom. The molecular weight excluding hydrogens is 244 g/mol. The van der Waals surface area contributed by atoms with E-state index in [0.717, 1.165) is 15.9 Å². The molecule has 2 aromatic rings. The third-order valence-corrected chi connectivity index (χ3v) is 3.28. The molecule has 74 valence electrons. The second-order valence-corrected chi connectivity index (χ2v) is 3.96. The lowest BCUT2D eigenvalue weighted by Crippen LogP contribution is -2.11. The van der Waals surface area contributed by atoms with Crippen LogP contribution in [0.4, 0.5) is 0 Å². The Kier molecular flexibility index (Phi) is 2.41. The molecule has 0 aliphatic carbocycles. The zero-order valence-corrected chi connectivity index (χ0v) is 9.69. The summed E-state index contributed by atoms with van der Waals surface area (Å²) in [6.07, 6.45) is 3.69. The minimum absolute atomic E-state index is 0.658. The second kappa shape index (κ2) is 3.57. The van der Waals surface area contributed by atoms with Crippen LogP contribution in [0, 0.1) is 13.8 Å². The number of hydrogen-bond acceptors (Lipinski definition) is 2. The van der Waals surface area contributed by atoms with Gasteiger partial charge < -0.3 is 0 Å². The van der Waals surface area contributed by atoms with Crippen LogP contribution in [-0.4, -0.2) is 19.6 Å². The number of aryl methyl sites for hydroxylation is 1. The molecule has 0 saturated carbocycles. The average molecular weight is 255 g/mol. The Labute approximate surface area is 90.7 Å². The number of halogens is 1. The molecule has 0 saturated heterocycles. The molecule has 0 unspecified atom stereocenters. The van der Waals surface area contributed by atoms with Gasteiger partial charge in [0.05, 0.1) is 15.9 Å². The molecule has 0 amide bonds. The highest BCUT2D eigenvalue weighted by molar-refractivity contribution is 9.10. The summed E-state index contributed by atoms with van der Waals surface area (Å²) < 4.78 is 4.84. The first kappa shape index (κ1) is 9.45. The van der Waals surface area contributed by atoms with E-state index >= 15 is 0 Å². The summed E-state index contributed by atoms with van der Waals surface area (Å²) in [6.45, 7) is 4.68. The first-order valence-corrected chi connectivity index (χ1v) is 5.14. The molecule has 2 rings (SSSR count). The molecular formula is C9H11BrN4. The van der Waals surface area contributed by atoms with Gasteiger partial charge in [-0.1, -0.05) is 0 Å². The Balaban J connectivity index is 2.30. The number of aromatic nitrogens is 4. The minimum Gasteiger partial charge on any atom is -0.251 e. The zero-order valence-electron chi connectivity index (χ0n) is 8.11. The average Bonchev–Trinajstić information content (AvgIpc) is 2.73. The van der Waals surface area contributed by atoms with Crippen molar-refractivity contribution in [2.45, 2.75) is 20.5 Å². The maximum absolute atomic E-state index is 4.39. The van der Waals surface area contributed by atoms with Crippen molar-refractivity contribution in [2.75, 3.05) is 0 Å². The number of nitrogens with zero attached hydrogens (tertiary/aromatic N) is 4. The van der Waals surface area contributed by atoms with Crippen molar-refractivity contribution < 1.29 is 0 Å². The van der Waals surface area contributed by atoms with Crippen LogP contribution in [0.3, 0.4) is 0 Å². The molecule has 0 aliphatic rings. The second-order valence-electron chi connectivity index (χ2n) is 3.17. The van der Waals surface area contributed by atoms with E-state index in [9.17, 15) is 0 Å². The maximum Gasteiger partial charge on any atom is 0.133 e. The lowest BCUT2D eigenvalue weighted by Gasteiger charge is -2.03. The number of rotatable bonds is 2. The highest BCUT2D eigenvalue weighted by Crippen LogP contribution is 2.19. The van der Waals surface area contributed by atoms with Gasteiger partial charge >= 0.3 is 0 Å². The summed E-state index contributed by atoms with van der Waals surface area (Å²) in [6, 6.07) is 1.90. The van der Waals surface area contributed by atoms with Crippen molar-refractivity contribution in [1.82, 2.24) is 19.6 Å². The van der Waals surface area contributed by atoms with Crippen LogP contribution in [0.2, 0.25) is 0 Å². The fraction of sp³-hybridized carbons (Fsp3) is 0.333. The molecule has 5 heteroatoms. The molecule has 0 atom stereocenters. The Bertz CT molecular complexity index is 430. The van der Waals surface area contributed by atoms with Crippen LogP contribution in [0.1, 0.15) is 11.4 Å². The molecule has 0 aliphatic heterocycles. The van der Waals surface area contributed by atoms with E-state index in [1.165, 1.54) is 0 Å². The van der Waals surface area contributed by atoms with E-state index < -0.39 is 0 Å². The van der Waals surface area contributed by atoms with Gasteiger partial charge in [-0.05, 0) is 35.8 Å². The van der Waals surface area contributed by atoms with Gasteiger partial charge in [-0.25, -0.2) is 4.68 Å². The molecule has 2 heterocycles. The lowest BCUT2D eigenvalue weighted by atomic mass is 10.4. The quantitative estimate of drug-likeness (QED) is 0.822. The SMILES string of the molecule is Cc1nn(Cn2cccn2)c(C)c1Br. The van der Waals surface area contributed by atoms with Crippen LogP contribution >= 0.6 is 15.9 Å². The summed E-state index contributed by atoms with van der Waals surface area (Å²) in [5.74, 6) is 0.